The third-order valence-electron chi connectivity index (χ3n) is 13.7. The van der Waals surface area contributed by atoms with E-state index in [4.69, 9.17) is 4.98 Å². The van der Waals surface area contributed by atoms with Crippen molar-refractivity contribution in [2.75, 3.05) is 11.9 Å². The van der Waals surface area contributed by atoms with E-state index < -0.39 is 0 Å². The first-order chi connectivity index (χ1) is 28.3. The smallest absolute Gasteiger partial charge is 0.0947 e. The van der Waals surface area contributed by atoms with Gasteiger partial charge in [-0.2, -0.15) is 0 Å². The summed E-state index contributed by atoms with van der Waals surface area (Å²) in [5, 5.41) is 9.65. The predicted molar refractivity (Wildman–Crippen MR) is 246 cm³/mol. The Bertz CT molecular complexity index is 3290. The number of fused-ring (bicyclic) bond motifs is 11. The quantitative estimate of drug-likeness (QED) is 0.182. The summed E-state index contributed by atoms with van der Waals surface area (Å²) in [7, 11) is 0. The van der Waals surface area contributed by atoms with Gasteiger partial charge >= 0.3 is 0 Å². The fraction of sp³-hybridized carbons (Fsp3) is 0.125. The Morgan fingerprint density at radius 3 is 1.88 bits per heavy atom. The lowest BCUT2D eigenvalue weighted by molar-refractivity contribution is 0.660. The van der Waals surface area contributed by atoms with Crippen molar-refractivity contribution in [2.24, 2.45) is 0 Å². The Morgan fingerprint density at radius 1 is 0.466 bits per heavy atom. The number of nitrogens with one attached hydrogen (secondary N) is 1. The number of hydrogen-bond donors (Lipinski definition) is 1. The van der Waals surface area contributed by atoms with Crippen LogP contribution in [0.2, 0.25) is 0 Å². The van der Waals surface area contributed by atoms with Crippen molar-refractivity contribution in [1.82, 2.24) is 4.98 Å². The minimum atomic E-state index is -0.0760. The van der Waals surface area contributed by atoms with E-state index in [1.54, 1.807) is 0 Å². The average Bonchev–Trinajstić information content (AvgIpc) is 3.64. The van der Waals surface area contributed by atoms with Crippen LogP contribution in [0.1, 0.15) is 55.5 Å². The molecule has 58 heavy (non-hydrogen) atoms. The molecule has 1 aromatic heterocycles. The monoisotopic (exact) mass is 742 g/mol. The Morgan fingerprint density at radius 2 is 1.07 bits per heavy atom. The zero-order valence-corrected chi connectivity index (χ0v) is 33.2. The lowest BCUT2D eigenvalue weighted by atomic mass is 9.81. The van der Waals surface area contributed by atoms with Gasteiger partial charge in [0.05, 0.1) is 16.9 Å². The Hall–Kier alpha value is -6.77. The molecule has 2 nitrogen and oxygen atoms in total. The molecule has 0 saturated heterocycles. The van der Waals surface area contributed by atoms with Crippen molar-refractivity contribution in [3.63, 3.8) is 0 Å². The summed E-state index contributed by atoms with van der Waals surface area (Å²) >= 11 is 0. The van der Waals surface area contributed by atoms with E-state index in [9.17, 15) is 0 Å². The summed E-state index contributed by atoms with van der Waals surface area (Å²) in [6.07, 6.45) is 4.38. The molecule has 276 valence electrons. The molecule has 0 bridgehead atoms. The Labute approximate surface area is 339 Å². The van der Waals surface area contributed by atoms with Crippen LogP contribution in [-0.2, 0) is 10.8 Å². The molecule has 0 saturated carbocycles. The van der Waals surface area contributed by atoms with Crippen molar-refractivity contribution in [3.8, 4) is 55.8 Å². The van der Waals surface area contributed by atoms with Crippen LogP contribution in [0.4, 0.5) is 5.69 Å². The highest BCUT2D eigenvalue weighted by atomic mass is 14.9. The van der Waals surface area contributed by atoms with Crippen molar-refractivity contribution >= 4 is 44.2 Å². The molecule has 0 unspecified atom stereocenters. The summed E-state index contributed by atoms with van der Waals surface area (Å²) in [4.78, 5) is 5.51. The van der Waals surface area contributed by atoms with Gasteiger partial charge < -0.3 is 5.32 Å². The van der Waals surface area contributed by atoms with Crippen LogP contribution < -0.4 is 5.32 Å². The van der Waals surface area contributed by atoms with Gasteiger partial charge in [-0.1, -0.05) is 167 Å². The van der Waals surface area contributed by atoms with Gasteiger partial charge in [0.15, 0.2) is 0 Å². The maximum Gasteiger partial charge on any atom is 0.0947 e. The van der Waals surface area contributed by atoms with Crippen LogP contribution >= 0.6 is 0 Å². The third kappa shape index (κ3) is 4.57. The molecule has 0 fully saturated rings. The fourth-order valence-electron chi connectivity index (χ4n) is 10.7. The van der Waals surface area contributed by atoms with Crippen LogP contribution in [0.3, 0.4) is 0 Å². The van der Waals surface area contributed by atoms with Gasteiger partial charge in [-0.3, -0.25) is 0 Å². The van der Waals surface area contributed by atoms with E-state index in [1.165, 1.54) is 99.4 Å². The zero-order valence-electron chi connectivity index (χ0n) is 33.2. The molecule has 0 amide bonds. The number of nitrogens with zero attached hydrogens (tertiary/aromatic N) is 1. The molecule has 12 rings (SSSR count). The number of pyridine rings is 1. The molecule has 0 spiro atoms. The Kier molecular flexibility index (Phi) is 6.84. The average molecular weight is 743 g/mol. The van der Waals surface area contributed by atoms with E-state index >= 15 is 0 Å². The second-order valence-corrected chi connectivity index (χ2v) is 17.5. The lowest BCUT2D eigenvalue weighted by Gasteiger charge is -2.23. The first kappa shape index (κ1) is 33.4. The standard InChI is InChI=1S/C56H42N2/c1-55(2)47-18-10-8-14-39(47)44-31-37(23-27-48(44)55)51-41-15-5-6-16-42(41)52(50-28-24-34-20-19-33-12-11-29-57-53(33)54(34)58-50)43-26-22-35(30-45(43)51)36-21-25-40-38-13-7-9-17-46(38)56(3,4)49(40)32-36/h5-28,30-32,57H,29H2,1-4H3. The van der Waals surface area contributed by atoms with Gasteiger partial charge in [-0.25, -0.2) is 4.98 Å². The summed E-state index contributed by atoms with van der Waals surface area (Å²) in [5.74, 6) is 0. The zero-order chi connectivity index (χ0) is 38.9. The highest BCUT2D eigenvalue weighted by Gasteiger charge is 2.37. The molecule has 1 N–H and O–H groups in total. The highest BCUT2D eigenvalue weighted by Crippen LogP contribution is 2.53. The largest absolute Gasteiger partial charge is 0.379 e. The molecule has 2 aliphatic carbocycles. The SMILES string of the molecule is CC1(C)c2ccccc2-c2cc(-c3c4ccccc4c(-c4ccc5ccc6c(c5n4)NCC=C6)c4ccc(-c5ccc6c(c5)C(C)(C)c5ccccc5-6)cc34)ccc21. The molecule has 8 aromatic carbocycles. The minimum Gasteiger partial charge on any atom is -0.379 e. The Balaban J connectivity index is 1.14. The first-order valence-corrected chi connectivity index (χ1v) is 20.6. The highest BCUT2D eigenvalue weighted by molar-refractivity contribution is 6.22. The number of hydrogen-bond acceptors (Lipinski definition) is 2. The molecule has 0 atom stereocenters. The second kappa shape index (κ2) is 11.9. The van der Waals surface area contributed by atoms with Crippen molar-refractivity contribution in [2.45, 2.75) is 38.5 Å². The van der Waals surface area contributed by atoms with Crippen LogP contribution in [0.5, 0.6) is 0 Å². The van der Waals surface area contributed by atoms with Crippen molar-refractivity contribution in [1.29, 1.82) is 0 Å². The minimum absolute atomic E-state index is 0.0573. The maximum atomic E-state index is 5.51. The molecule has 9 aromatic rings. The summed E-state index contributed by atoms with van der Waals surface area (Å²) in [5.41, 5.74) is 21.2. The molecule has 2 heterocycles. The van der Waals surface area contributed by atoms with Crippen LogP contribution in [0.15, 0.2) is 158 Å². The molecular formula is C56H42N2. The fourth-order valence-corrected chi connectivity index (χ4v) is 10.7. The van der Waals surface area contributed by atoms with Gasteiger partial charge in [0.2, 0.25) is 0 Å². The normalized spacial score (nSPS) is 15.2. The van der Waals surface area contributed by atoms with Gasteiger partial charge in [0, 0.05) is 28.3 Å². The van der Waals surface area contributed by atoms with E-state index in [0.29, 0.717) is 0 Å². The van der Waals surface area contributed by atoms with Gasteiger partial charge in [-0.15, -0.1) is 0 Å². The lowest BCUT2D eigenvalue weighted by Crippen LogP contribution is -2.14. The third-order valence-corrected chi connectivity index (χ3v) is 13.7. The second-order valence-electron chi connectivity index (χ2n) is 17.5. The van der Waals surface area contributed by atoms with E-state index in [0.717, 1.165) is 28.8 Å². The van der Waals surface area contributed by atoms with Gasteiger partial charge in [-0.05, 0) is 118 Å². The van der Waals surface area contributed by atoms with Crippen LogP contribution in [-0.4, -0.2) is 11.5 Å². The summed E-state index contributed by atoms with van der Waals surface area (Å²) < 4.78 is 0. The van der Waals surface area contributed by atoms with Crippen LogP contribution in [0.25, 0.3) is 94.3 Å². The topological polar surface area (TPSA) is 24.9 Å². The number of benzene rings is 8. The number of anilines is 1. The maximum absolute atomic E-state index is 5.51. The molecule has 3 aliphatic rings. The van der Waals surface area contributed by atoms with Gasteiger partial charge in [0.1, 0.15) is 0 Å². The van der Waals surface area contributed by atoms with Crippen LogP contribution in [0, 0.1) is 0 Å². The van der Waals surface area contributed by atoms with Crippen molar-refractivity contribution in [3.05, 3.63) is 186 Å². The van der Waals surface area contributed by atoms with E-state index in [2.05, 4.69) is 197 Å². The van der Waals surface area contributed by atoms with E-state index in [1.807, 2.05) is 0 Å². The van der Waals surface area contributed by atoms with E-state index in [-0.39, 0.29) is 10.8 Å². The molecular weight excluding hydrogens is 701 g/mol. The summed E-state index contributed by atoms with van der Waals surface area (Å²) in [6, 6.07) is 57.2. The molecule has 2 heteroatoms. The summed E-state index contributed by atoms with van der Waals surface area (Å²) in [6.45, 7) is 10.3. The molecule has 0 radical (unpaired) electrons. The number of rotatable bonds is 3. The number of aromatic nitrogens is 1. The van der Waals surface area contributed by atoms with Gasteiger partial charge in [0.25, 0.3) is 0 Å². The molecule has 1 aliphatic heterocycles. The predicted octanol–water partition coefficient (Wildman–Crippen LogP) is 14.6. The van der Waals surface area contributed by atoms with Crippen molar-refractivity contribution < 1.29 is 0 Å². The first-order valence-electron chi connectivity index (χ1n) is 20.6.